The number of amides is 1. The number of aliphatic hydroxyl groups excluding tert-OH is 1. The third kappa shape index (κ3) is 6.60. The lowest BCUT2D eigenvalue weighted by molar-refractivity contribution is -0.129. The number of aliphatic hydroxyl groups is 1. The quantitative estimate of drug-likeness (QED) is 0.119. The summed E-state index contributed by atoms with van der Waals surface area (Å²) in [5.74, 6) is 0.687. The van der Waals surface area contributed by atoms with Crippen LogP contribution < -0.4 is 10.1 Å². The zero-order valence-corrected chi connectivity index (χ0v) is 23.3. The van der Waals surface area contributed by atoms with E-state index in [2.05, 4.69) is 31.3 Å². The van der Waals surface area contributed by atoms with E-state index in [0.717, 1.165) is 10.0 Å². The fourth-order valence-electron chi connectivity index (χ4n) is 4.40. The molecule has 4 rings (SSSR count). The maximum absolute atomic E-state index is 14.0. The number of halogens is 1. The second kappa shape index (κ2) is 12.8. The Bertz CT molecular complexity index is 1370. The molecule has 0 saturated heterocycles. The van der Waals surface area contributed by atoms with Gasteiger partial charge in [0, 0.05) is 46.1 Å². The van der Waals surface area contributed by atoms with E-state index in [0.29, 0.717) is 41.5 Å². The molecule has 10 heteroatoms. The molecule has 1 aliphatic heterocycles. The number of ether oxygens (including phenoxy) is 2. The maximum atomic E-state index is 14.0. The summed E-state index contributed by atoms with van der Waals surface area (Å²) >= 11 is 3.48. The van der Waals surface area contributed by atoms with Gasteiger partial charge in [0.15, 0.2) is 11.6 Å². The van der Waals surface area contributed by atoms with Crippen molar-refractivity contribution in [3.63, 3.8) is 0 Å². The van der Waals surface area contributed by atoms with Gasteiger partial charge in [-0.3, -0.25) is 4.79 Å². The first-order valence-corrected chi connectivity index (χ1v) is 13.5. The summed E-state index contributed by atoms with van der Waals surface area (Å²) in [4.78, 5) is 22.0. The molecule has 2 atom stereocenters. The summed E-state index contributed by atoms with van der Waals surface area (Å²) in [6.07, 6.45) is -0.0659. The molecule has 39 heavy (non-hydrogen) atoms. The van der Waals surface area contributed by atoms with E-state index in [4.69, 9.17) is 25.1 Å². The fourth-order valence-corrected chi connectivity index (χ4v) is 4.67. The second-order valence-corrected chi connectivity index (χ2v) is 10.4. The Hall–Kier alpha value is -3.85. The smallest absolute Gasteiger partial charge is 0.252 e. The van der Waals surface area contributed by atoms with Crippen LogP contribution in [-0.4, -0.2) is 41.7 Å². The number of hydrogen-bond acceptors (Lipinski definition) is 6. The zero-order chi connectivity index (χ0) is 27.8. The van der Waals surface area contributed by atoms with Crippen LogP contribution >= 0.6 is 15.9 Å². The van der Waals surface area contributed by atoms with Crippen LogP contribution in [0.15, 0.2) is 87.4 Å². The number of nitrogens with one attached hydrogen (secondary N) is 1. The lowest BCUT2D eigenvalue weighted by atomic mass is 9.81. The SMILES string of the molecule is CC(C)NC(=O)[C@]1(Cc2ccccc2N=[N+]=[N-])N=C(c2ccc(OCCCO)cc2)O[C@@H]1c1ccc(Br)cc1. The molecule has 3 aromatic carbocycles. The van der Waals surface area contributed by atoms with E-state index >= 15 is 0 Å². The highest BCUT2D eigenvalue weighted by Crippen LogP contribution is 2.44. The predicted octanol–water partition coefficient (Wildman–Crippen LogP) is 6.18. The van der Waals surface area contributed by atoms with Gasteiger partial charge in [0.05, 0.1) is 6.61 Å². The van der Waals surface area contributed by atoms with Gasteiger partial charge in [-0.05, 0) is 66.9 Å². The van der Waals surface area contributed by atoms with Crippen LogP contribution in [0.25, 0.3) is 10.4 Å². The first kappa shape index (κ1) is 28.2. The zero-order valence-electron chi connectivity index (χ0n) is 21.8. The molecule has 0 radical (unpaired) electrons. The topological polar surface area (TPSA) is 129 Å². The minimum Gasteiger partial charge on any atom is -0.494 e. The van der Waals surface area contributed by atoms with Gasteiger partial charge in [-0.1, -0.05) is 57.4 Å². The molecule has 0 unspecified atom stereocenters. The average Bonchev–Trinajstić information content (AvgIpc) is 3.31. The lowest BCUT2D eigenvalue weighted by Gasteiger charge is -2.32. The van der Waals surface area contributed by atoms with Crippen molar-refractivity contribution in [3.05, 3.63) is 104 Å². The number of nitrogens with zero attached hydrogens (tertiary/aromatic N) is 4. The predicted molar refractivity (Wildman–Crippen MR) is 153 cm³/mol. The minimum atomic E-state index is -1.38. The van der Waals surface area contributed by atoms with Crippen molar-refractivity contribution in [3.8, 4) is 5.75 Å². The van der Waals surface area contributed by atoms with E-state index in [1.54, 1.807) is 24.3 Å². The summed E-state index contributed by atoms with van der Waals surface area (Å²) in [7, 11) is 0. The fraction of sp³-hybridized carbons (Fsp3) is 0.310. The molecule has 202 valence electrons. The van der Waals surface area contributed by atoms with Gasteiger partial charge in [0.1, 0.15) is 5.75 Å². The van der Waals surface area contributed by atoms with Crippen LogP contribution in [0.2, 0.25) is 0 Å². The molecule has 3 aromatic rings. The summed E-state index contributed by atoms with van der Waals surface area (Å²) in [6.45, 7) is 4.25. The Morgan fingerprint density at radius 3 is 2.56 bits per heavy atom. The van der Waals surface area contributed by atoms with Gasteiger partial charge < -0.3 is 19.9 Å². The second-order valence-electron chi connectivity index (χ2n) is 9.46. The van der Waals surface area contributed by atoms with Crippen LogP contribution in [0.3, 0.4) is 0 Å². The van der Waals surface area contributed by atoms with Gasteiger partial charge in [0.25, 0.3) is 5.91 Å². The van der Waals surface area contributed by atoms with E-state index in [1.807, 2.05) is 62.4 Å². The minimum absolute atomic E-state index is 0.0590. The molecule has 1 heterocycles. The largest absolute Gasteiger partial charge is 0.494 e. The first-order valence-electron chi connectivity index (χ1n) is 12.7. The Labute approximate surface area is 235 Å². The van der Waals surface area contributed by atoms with Crippen LogP contribution in [0, 0.1) is 0 Å². The van der Waals surface area contributed by atoms with Crippen LogP contribution in [0.5, 0.6) is 5.75 Å². The number of carbonyl (C=O) groups excluding carboxylic acids is 1. The molecule has 9 nitrogen and oxygen atoms in total. The summed E-state index contributed by atoms with van der Waals surface area (Å²) in [5, 5.41) is 15.9. The molecule has 0 fully saturated rings. The Kier molecular flexibility index (Phi) is 9.24. The number of hydrogen-bond donors (Lipinski definition) is 2. The van der Waals surface area contributed by atoms with Crippen molar-refractivity contribution in [2.75, 3.05) is 13.2 Å². The van der Waals surface area contributed by atoms with E-state index in [9.17, 15) is 4.79 Å². The van der Waals surface area contributed by atoms with Crippen LogP contribution in [-0.2, 0) is 16.0 Å². The Morgan fingerprint density at radius 1 is 1.18 bits per heavy atom. The molecule has 0 aliphatic carbocycles. The third-order valence-corrected chi connectivity index (χ3v) is 6.76. The van der Waals surface area contributed by atoms with Gasteiger partial charge in [-0.25, -0.2) is 4.99 Å². The Morgan fingerprint density at radius 2 is 1.90 bits per heavy atom. The van der Waals surface area contributed by atoms with Crippen molar-refractivity contribution < 1.29 is 19.4 Å². The summed E-state index contributed by atoms with van der Waals surface area (Å²) in [5.41, 5.74) is 10.3. The molecule has 2 N–H and O–H groups in total. The third-order valence-electron chi connectivity index (χ3n) is 6.23. The van der Waals surface area contributed by atoms with Crippen molar-refractivity contribution in [2.24, 2.45) is 10.1 Å². The van der Waals surface area contributed by atoms with Gasteiger partial charge >= 0.3 is 0 Å². The molecule has 0 bridgehead atoms. The first-order chi connectivity index (χ1) is 18.9. The van der Waals surface area contributed by atoms with E-state index in [-0.39, 0.29) is 25.0 Å². The number of azide groups is 1. The van der Waals surface area contributed by atoms with E-state index in [1.165, 1.54) is 0 Å². The highest BCUT2D eigenvalue weighted by molar-refractivity contribution is 9.10. The summed E-state index contributed by atoms with van der Waals surface area (Å²) < 4.78 is 13.1. The van der Waals surface area contributed by atoms with Crippen molar-refractivity contribution in [1.82, 2.24) is 5.32 Å². The molecule has 1 amide bonds. The molecular formula is C29H30BrN5O4. The van der Waals surface area contributed by atoms with Gasteiger partial charge in [-0.2, -0.15) is 0 Å². The maximum Gasteiger partial charge on any atom is 0.252 e. The Balaban J connectivity index is 1.82. The van der Waals surface area contributed by atoms with Crippen molar-refractivity contribution in [2.45, 2.75) is 44.4 Å². The van der Waals surface area contributed by atoms with Gasteiger partial charge in [0.2, 0.25) is 5.90 Å². The highest BCUT2D eigenvalue weighted by Gasteiger charge is 2.53. The molecule has 1 aliphatic rings. The normalized spacial score (nSPS) is 18.2. The number of rotatable bonds is 11. The van der Waals surface area contributed by atoms with Crippen LogP contribution in [0.1, 0.15) is 43.1 Å². The number of carbonyl (C=O) groups is 1. The van der Waals surface area contributed by atoms with Crippen molar-refractivity contribution >= 4 is 33.4 Å². The molecular weight excluding hydrogens is 562 g/mol. The highest BCUT2D eigenvalue weighted by atomic mass is 79.9. The summed E-state index contributed by atoms with van der Waals surface area (Å²) in [6, 6.07) is 21.9. The van der Waals surface area contributed by atoms with Gasteiger partial charge in [-0.15, -0.1) is 0 Å². The standard InChI is InChI=1S/C29H30BrN5O4/c1-19(2)32-28(37)29(18-22-6-3-4-7-25(22)34-35-31)26(20-8-12-23(30)13-9-20)39-27(33-29)21-10-14-24(15-11-21)38-17-5-16-36/h3-4,6-15,19,26,36H,5,16-18H2,1-2H3,(H,32,37)/t26-,29-/m1/s1. The number of benzene rings is 3. The lowest BCUT2D eigenvalue weighted by Crippen LogP contribution is -2.51. The molecule has 0 spiro atoms. The van der Waals surface area contributed by atoms with Crippen LogP contribution in [0.4, 0.5) is 5.69 Å². The molecule has 0 saturated carbocycles. The average molecular weight is 592 g/mol. The van der Waals surface area contributed by atoms with Crippen molar-refractivity contribution in [1.29, 1.82) is 0 Å². The van der Waals surface area contributed by atoms with E-state index < -0.39 is 11.6 Å². The molecule has 0 aromatic heterocycles. The number of aliphatic imine (C=N–C) groups is 1. The monoisotopic (exact) mass is 591 g/mol.